The van der Waals surface area contributed by atoms with Crippen LogP contribution in [0.25, 0.3) is 0 Å². The summed E-state index contributed by atoms with van der Waals surface area (Å²) in [6.45, 7) is 1.61. The predicted octanol–water partition coefficient (Wildman–Crippen LogP) is 2.44. The average Bonchev–Trinajstić information content (AvgIpc) is 2.72. The van der Waals surface area contributed by atoms with Gasteiger partial charge in [0.1, 0.15) is 0 Å². The van der Waals surface area contributed by atoms with Gasteiger partial charge in [0, 0.05) is 25.2 Å². The van der Waals surface area contributed by atoms with Crippen molar-refractivity contribution in [2.75, 3.05) is 13.1 Å². The maximum atomic E-state index is 12.7. The van der Waals surface area contributed by atoms with E-state index >= 15 is 0 Å². The zero-order chi connectivity index (χ0) is 19.2. The Hall–Kier alpha value is -2.86. The van der Waals surface area contributed by atoms with Gasteiger partial charge in [0.25, 0.3) is 5.91 Å². The van der Waals surface area contributed by atoms with Gasteiger partial charge in [-0.05, 0) is 42.0 Å². The number of piperidine rings is 1. The Balaban J connectivity index is 1.54. The minimum absolute atomic E-state index is 0.00272. The molecule has 2 aromatic rings. The first-order valence-corrected chi connectivity index (χ1v) is 9.19. The van der Waals surface area contributed by atoms with E-state index in [-0.39, 0.29) is 11.8 Å². The number of nitrogens with zero attached hydrogens (tertiary/aromatic N) is 1. The number of carbonyl (C=O) groups is 2. The van der Waals surface area contributed by atoms with Crippen LogP contribution in [0.1, 0.15) is 40.4 Å². The number of rotatable bonds is 5. The molecule has 1 aliphatic rings. The number of amides is 3. The molecule has 1 atom stereocenters. The molecule has 3 amide bonds. The molecule has 1 heterocycles. The number of primary amides is 1. The second kappa shape index (κ2) is 8.68. The monoisotopic (exact) mass is 367 g/mol. The summed E-state index contributed by atoms with van der Waals surface area (Å²) < 4.78 is 0. The Morgan fingerprint density at radius 1 is 1.07 bits per heavy atom. The second-order valence-corrected chi connectivity index (χ2v) is 6.90. The van der Waals surface area contributed by atoms with E-state index < -0.39 is 12.1 Å². The number of hydrogen-bond acceptors (Lipinski definition) is 3. The van der Waals surface area contributed by atoms with Crippen molar-refractivity contribution in [1.82, 2.24) is 10.2 Å². The number of aliphatic hydroxyl groups is 1. The van der Waals surface area contributed by atoms with E-state index in [4.69, 9.17) is 5.73 Å². The van der Waals surface area contributed by atoms with Crippen LogP contribution in [0.15, 0.2) is 54.6 Å². The number of urea groups is 1. The molecule has 27 heavy (non-hydrogen) atoms. The van der Waals surface area contributed by atoms with Gasteiger partial charge in [-0.15, -0.1) is 0 Å². The van der Waals surface area contributed by atoms with Crippen molar-refractivity contribution in [2.45, 2.75) is 25.5 Å². The zero-order valence-electron chi connectivity index (χ0n) is 15.2. The number of nitrogens with one attached hydrogen (secondary N) is 1. The normalized spacial score (nSPS) is 16.0. The van der Waals surface area contributed by atoms with Crippen LogP contribution in [0, 0.1) is 5.92 Å². The van der Waals surface area contributed by atoms with Crippen LogP contribution in [-0.2, 0) is 6.54 Å². The molecule has 0 bridgehead atoms. The number of nitrogens with two attached hydrogens (primary N) is 1. The summed E-state index contributed by atoms with van der Waals surface area (Å²) in [4.78, 5) is 25.3. The maximum absolute atomic E-state index is 12.7. The third-order valence-corrected chi connectivity index (χ3v) is 5.08. The highest BCUT2D eigenvalue weighted by Gasteiger charge is 2.28. The van der Waals surface area contributed by atoms with E-state index in [9.17, 15) is 14.7 Å². The zero-order valence-corrected chi connectivity index (χ0v) is 15.2. The largest absolute Gasteiger partial charge is 0.388 e. The topological polar surface area (TPSA) is 95.7 Å². The fraction of sp³-hybridized carbons (Fsp3) is 0.333. The average molecular weight is 367 g/mol. The molecule has 0 aliphatic carbocycles. The number of aliphatic hydroxyl groups excluding tert-OH is 1. The summed E-state index contributed by atoms with van der Waals surface area (Å²) in [6.07, 6.45) is 1.07. The molecular weight excluding hydrogens is 342 g/mol. The lowest BCUT2D eigenvalue weighted by atomic mass is 9.87. The molecule has 142 valence electrons. The molecule has 0 radical (unpaired) electrons. The molecule has 4 N–H and O–H groups in total. The summed E-state index contributed by atoms with van der Waals surface area (Å²) in [6, 6.07) is 16.3. The van der Waals surface area contributed by atoms with Gasteiger partial charge in [-0.1, -0.05) is 42.5 Å². The summed E-state index contributed by atoms with van der Waals surface area (Å²) in [5.41, 5.74) is 7.50. The molecule has 1 saturated heterocycles. The van der Waals surface area contributed by atoms with E-state index in [1.807, 2.05) is 47.4 Å². The molecule has 1 fully saturated rings. The first-order chi connectivity index (χ1) is 13.0. The fourth-order valence-electron chi connectivity index (χ4n) is 3.48. The number of likely N-dealkylation sites (tertiary alicyclic amines) is 1. The fourth-order valence-corrected chi connectivity index (χ4v) is 3.48. The van der Waals surface area contributed by atoms with Crippen molar-refractivity contribution in [3.05, 3.63) is 71.3 Å². The summed E-state index contributed by atoms with van der Waals surface area (Å²) in [5.74, 6) is 0.163. The SMILES string of the molecule is NC(=O)NCc1ccc(C(=O)N2CCC([C@@H](O)c3ccccc3)CC2)cc1. The minimum Gasteiger partial charge on any atom is -0.388 e. The Labute approximate surface area is 159 Å². The van der Waals surface area contributed by atoms with E-state index in [1.54, 1.807) is 12.1 Å². The smallest absolute Gasteiger partial charge is 0.312 e. The lowest BCUT2D eigenvalue weighted by Gasteiger charge is -2.34. The molecule has 6 heteroatoms. The highest BCUT2D eigenvalue weighted by Crippen LogP contribution is 2.31. The van der Waals surface area contributed by atoms with E-state index in [0.29, 0.717) is 25.2 Å². The molecular formula is C21H25N3O3. The summed E-state index contributed by atoms with van der Waals surface area (Å²) >= 11 is 0. The third-order valence-electron chi connectivity index (χ3n) is 5.08. The Bertz CT molecular complexity index is 769. The molecule has 0 unspecified atom stereocenters. The highest BCUT2D eigenvalue weighted by atomic mass is 16.3. The van der Waals surface area contributed by atoms with Crippen molar-refractivity contribution in [3.63, 3.8) is 0 Å². The van der Waals surface area contributed by atoms with Crippen LogP contribution in [0.2, 0.25) is 0 Å². The molecule has 6 nitrogen and oxygen atoms in total. The molecule has 0 spiro atoms. The van der Waals surface area contributed by atoms with Gasteiger partial charge < -0.3 is 21.1 Å². The number of carbonyl (C=O) groups excluding carboxylic acids is 2. The summed E-state index contributed by atoms with van der Waals surface area (Å²) in [7, 11) is 0. The van der Waals surface area contributed by atoms with Crippen molar-refractivity contribution >= 4 is 11.9 Å². The van der Waals surface area contributed by atoms with Crippen LogP contribution >= 0.6 is 0 Å². The quantitative estimate of drug-likeness (QED) is 0.757. The van der Waals surface area contributed by atoms with Crippen molar-refractivity contribution in [3.8, 4) is 0 Å². The van der Waals surface area contributed by atoms with Crippen LogP contribution in [-0.4, -0.2) is 35.0 Å². The summed E-state index contributed by atoms with van der Waals surface area (Å²) in [5, 5.41) is 13.1. The van der Waals surface area contributed by atoms with Crippen LogP contribution in [0.5, 0.6) is 0 Å². The van der Waals surface area contributed by atoms with Crippen LogP contribution in [0.3, 0.4) is 0 Å². The van der Waals surface area contributed by atoms with E-state index in [2.05, 4.69) is 5.32 Å². The molecule has 0 aromatic heterocycles. The van der Waals surface area contributed by atoms with Crippen molar-refractivity contribution in [1.29, 1.82) is 0 Å². The standard InChI is InChI=1S/C21H25N3O3/c22-21(27)23-14-15-6-8-18(9-7-15)20(26)24-12-10-17(11-13-24)19(25)16-4-2-1-3-5-16/h1-9,17,19,25H,10-14H2,(H3,22,23,27)/t19-/m0/s1. The van der Waals surface area contributed by atoms with Gasteiger partial charge in [0.15, 0.2) is 0 Å². The molecule has 0 saturated carbocycles. The lowest BCUT2D eigenvalue weighted by molar-refractivity contribution is 0.0462. The van der Waals surface area contributed by atoms with Crippen LogP contribution < -0.4 is 11.1 Å². The maximum Gasteiger partial charge on any atom is 0.312 e. The van der Waals surface area contributed by atoms with Crippen molar-refractivity contribution in [2.24, 2.45) is 11.7 Å². The van der Waals surface area contributed by atoms with Gasteiger partial charge in [-0.2, -0.15) is 0 Å². The van der Waals surface area contributed by atoms with Crippen LogP contribution in [0.4, 0.5) is 4.79 Å². The van der Waals surface area contributed by atoms with Gasteiger partial charge in [-0.25, -0.2) is 4.79 Å². The predicted molar refractivity (Wildman–Crippen MR) is 103 cm³/mol. The molecule has 2 aromatic carbocycles. The number of benzene rings is 2. The number of hydrogen-bond donors (Lipinski definition) is 3. The third kappa shape index (κ3) is 4.86. The van der Waals surface area contributed by atoms with Gasteiger partial charge in [0.05, 0.1) is 6.10 Å². The van der Waals surface area contributed by atoms with E-state index in [1.165, 1.54) is 0 Å². The van der Waals surface area contributed by atoms with Crippen molar-refractivity contribution < 1.29 is 14.7 Å². The van der Waals surface area contributed by atoms with Gasteiger partial charge in [0.2, 0.25) is 0 Å². The minimum atomic E-state index is -0.573. The Kier molecular flexibility index (Phi) is 6.08. The lowest BCUT2D eigenvalue weighted by Crippen LogP contribution is -2.39. The molecule has 3 rings (SSSR count). The highest BCUT2D eigenvalue weighted by molar-refractivity contribution is 5.94. The molecule has 1 aliphatic heterocycles. The second-order valence-electron chi connectivity index (χ2n) is 6.90. The Morgan fingerprint density at radius 2 is 1.70 bits per heavy atom. The first-order valence-electron chi connectivity index (χ1n) is 9.19. The van der Waals surface area contributed by atoms with E-state index in [0.717, 1.165) is 24.0 Å². The van der Waals surface area contributed by atoms with Gasteiger partial charge in [-0.3, -0.25) is 4.79 Å². The Morgan fingerprint density at radius 3 is 2.30 bits per heavy atom. The first kappa shape index (κ1) is 18.9. The van der Waals surface area contributed by atoms with Gasteiger partial charge >= 0.3 is 6.03 Å².